The summed E-state index contributed by atoms with van der Waals surface area (Å²) >= 11 is 9.43. The van der Waals surface area contributed by atoms with E-state index in [-0.39, 0.29) is 53.5 Å². The second kappa shape index (κ2) is 15.1. The molecule has 53 heavy (non-hydrogen) atoms. The number of fused-ring (bicyclic) bond motifs is 4. The van der Waals surface area contributed by atoms with Gasteiger partial charge in [0.25, 0.3) is 0 Å². The van der Waals surface area contributed by atoms with E-state index in [0.717, 1.165) is 6.33 Å². The molecule has 4 aromatic heterocycles. The fourth-order valence-corrected chi connectivity index (χ4v) is 8.79. The third kappa shape index (κ3) is 7.74. The van der Waals surface area contributed by atoms with Crippen LogP contribution in [0.25, 0.3) is 32.8 Å². The molecule has 4 aromatic rings. The van der Waals surface area contributed by atoms with Crippen molar-refractivity contribution >= 4 is 77.6 Å². The monoisotopic (exact) mass is 818 g/mol. The molecule has 0 aliphatic carbocycles. The lowest BCUT2D eigenvalue weighted by Crippen LogP contribution is -2.42. The maximum atomic E-state index is 16.2. The van der Waals surface area contributed by atoms with Crippen LogP contribution in [0.1, 0.15) is 18.9 Å². The minimum absolute atomic E-state index is 0.0401. The van der Waals surface area contributed by atoms with E-state index in [1.54, 1.807) is 0 Å². The molecule has 24 nitrogen and oxygen atoms in total. The number of nitrogens with one attached hydrogen (secondary N) is 1. The van der Waals surface area contributed by atoms with Crippen molar-refractivity contribution < 1.29 is 50.9 Å². The van der Waals surface area contributed by atoms with Gasteiger partial charge >= 0.3 is 19.6 Å². The Labute approximate surface area is 306 Å². The molecular formula is C24H29FN14O10P2S2. The summed E-state index contributed by atoms with van der Waals surface area (Å²) in [6.07, 6.45) is -7.90. The zero-order valence-electron chi connectivity index (χ0n) is 26.8. The lowest BCUT2D eigenvalue weighted by molar-refractivity contribution is -0.0573. The molecule has 6 N–H and O–H groups in total. The third-order valence-corrected chi connectivity index (χ3v) is 11.4. The number of imidazole rings is 2. The van der Waals surface area contributed by atoms with Gasteiger partial charge in [0.2, 0.25) is 0 Å². The fourth-order valence-electron chi connectivity index (χ4n) is 5.86. The second-order valence-electron chi connectivity index (χ2n) is 11.5. The number of rotatable bonds is 7. The quantitative estimate of drug-likeness (QED) is 0.0443. The molecule has 3 fully saturated rings. The Kier molecular flexibility index (Phi) is 10.7. The van der Waals surface area contributed by atoms with Crippen molar-refractivity contribution in [1.29, 1.82) is 0 Å². The molecule has 3 saturated heterocycles. The van der Waals surface area contributed by atoms with Crippen molar-refractivity contribution in [2.45, 2.75) is 55.6 Å². The summed E-state index contributed by atoms with van der Waals surface area (Å²) in [4.78, 5) is 51.5. The number of thiol groups is 1. The number of alkyl carbamates (subject to hydrolysis) is 1. The normalized spacial score (nSPS) is 33.3. The van der Waals surface area contributed by atoms with Crippen molar-refractivity contribution in [1.82, 2.24) is 44.4 Å². The van der Waals surface area contributed by atoms with Crippen LogP contribution in [0.3, 0.4) is 0 Å². The molecule has 10 atom stereocenters. The van der Waals surface area contributed by atoms with E-state index >= 15 is 4.39 Å². The fraction of sp³-hybridized carbons (Fsp3) is 0.542. The largest absolute Gasteiger partial charge is 0.438 e. The number of aromatic nitrogens is 8. The van der Waals surface area contributed by atoms with Gasteiger partial charge in [-0.2, -0.15) is 0 Å². The lowest BCUT2D eigenvalue weighted by atomic mass is 10.1. The molecule has 0 spiro atoms. The van der Waals surface area contributed by atoms with Gasteiger partial charge in [-0.25, -0.2) is 43.7 Å². The Morgan fingerprint density at radius 1 is 1.04 bits per heavy atom. The number of alkyl halides is 1. The Bertz CT molecular complexity index is 2160. The highest BCUT2D eigenvalue weighted by Gasteiger charge is 2.55. The number of hydrogen-bond acceptors (Lipinski definition) is 19. The van der Waals surface area contributed by atoms with Crippen LogP contribution in [0.15, 0.2) is 30.4 Å². The van der Waals surface area contributed by atoms with E-state index in [0.29, 0.717) is 0 Å². The molecule has 0 radical (unpaired) electrons. The van der Waals surface area contributed by atoms with Crippen molar-refractivity contribution in [2.75, 3.05) is 37.8 Å². The van der Waals surface area contributed by atoms with Crippen LogP contribution < -0.4 is 16.8 Å². The zero-order valence-corrected chi connectivity index (χ0v) is 30.3. The van der Waals surface area contributed by atoms with Crippen LogP contribution in [0.4, 0.5) is 20.8 Å². The average molecular weight is 819 g/mol. The van der Waals surface area contributed by atoms with Crippen LogP contribution >= 0.6 is 25.8 Å². The highest BCUT2D eigenvalue weighted by Crippen LogP contribution is 2.58. The molecule has 0 aromatic carbocycles. The van der Waals surface area contributed by atoms with E-state index < -0.39 is 82.0 Å². The van der Waals surface area contributed by atoms with E-state index in [9.17, 15) is 14.3 Å². The summed E-state index contributed by atoms with van der Waals surface area (Å²) in [6.45, 7) is -9.93. The van der Waals surface area contributed by atoms with Crippen LogP contribution in [-0.4, -0.2) is 113 Å². The van der Waals surface area contributed by atoms with Gasteiger partial charge in [-0.05, 0) is 23.8 Å². The number of carbonyl (C=O) groups excluding carboxylic acids is 1. The maximum Gasteiger partial charge on any atom is 0.407 e. The van der Waals surface area contributed by atoms with Crippen molar-refractivity contribution in [3.63, 3.8) is 0 Å². The second-order valence-corrected chi connectivity index (χ2v) is 17.2. The van der Waals surface area contributed by atoms with Gasteiger partial charge in [0, 0.05) is 18.0 Å². The number of nitrogens with zero attached hydrogens (tertiary/aromatic N) is 11. The summed E-state index contributed by atoms with van der Waals surface area (Å²) in [5.41, 5.74) is 21.0. The van der Waals surface area contributed by atoms with Gasteiger partial charge in [-0.3, -0.25) is 22.7 Å². The van der Waals surface area contributed by atoms with E-state index in [2.05, 4.69) is 57.5 Å². The Morgan fingerprint density at radius 2 is 1.64 bits per heavy atom. The van der Waals surface area contributed by atoms with Crippen LogP contribution in [0.5, 0.6) is 0 Å². The van der Waals surface area contributed by atoms with Gasteiger partial charge in [-0.15, -0.1) is 0 Å². The lowest BCUT2D eigenvalue weighted by Gasteiger charge is -2.30. The third-order valence-electron chi connectivity index (χ3n) is 8.20. The van der Waals surface area contributed by atoms with E-state index in [1.165, 1.54) is 28.1 Å². The predicted octanol–water partition coefficient (Wildman–Crippen LogP) is 1.83. The number of halogens is 1. The molecule has 7 heterocycles. The molecule has 3 aliphatic rings. The molecule has 284 valence electrons. The van der Waals surface area contributed by atoms with Gasteiger partial charge in [0.1, 0.15) is 48.1 Å². The molecule has 1 amide bonds. The summed E-state index contributed by atoms with van der Waals surface area (Å²) in [6, 6.07) is 0. The van der Waals surface area contributed by atoms with Crippen LogP contribution in [0.2, 0.25) is 0 Å². The Balaban J connectivity index is 1.18. The van der Waals surface area contributed by atoms with Crippen molar-refractivity contribution in [2.24, 2.45) is 5.11 Å². The Hall–Kier alpha value is -3.84. The SMILES string of the molecule is [N-]=[N+]=NCCCNC(=O)O[C@@H]1[C@@H]2OP(O)(=S)OC[C@H]3O[C@@H](n4cnc5c(N)ncnc54)[C@H](F)[C@@H]3OP(=O)(S)OC[C@H]2O[C@H]1n1cnc2c(N)ncnc21. The molecule has 7 rings (SSSR count). The van der Waals surface area contributed by atoms with E-state index in [1.807, 2.05) is 0 Å². The molecular weight excluding hydrogens is 789 g/mol. The minimum Gasteiger partial charge on any atom is -0.438 e. The van der Waals surface area contributed by atoms with Gasteiger partial charge in [0.05, 0.1) is 25.9 Å². The predicted molar refractivity (Wildman–Crippen MR) is 184 cm³/mol. The molecule has 0 bridgehead atoms. The summed E-state index contributed by atoms with van der Waals surface area (Å²) in [7, 11) is 0. The van der Waals surface area contributed by atoms with Crippen molar-refractivity contribution in [3.8, 4) is 0 Å². The van der Waals surface area contributed by atoms with Gasteiger partial charge in [-0.1, -0.05) is 17.4 Å². The standard InChI is InChI=1S/C24H29FN14O10P2S2/c25-12-15-10(45-22(12)38-8-34-13-18(26)30-6-32-20(13)38)4-43-51(42,53)49-16-11(5-44-50(41,52)48-15)46-23(17(16)47-24(40)29-2-1-3-36-37-28)39-9-35-14-19(27)31-7-33-21(14)39/h6-12,15-17,22-23H,1-5H2,(H,29,40)(H,41,52)(H,42,53)(H2,26,30,32)(H2,27,31,33)/t10-,11-,12-,15-,16-,17-,22-,23-,50?,51?/m1/s1. The number of ether oxygens (including phenoxy) is 3. The molecule has 2 unspecified atom stereocenters. The number of hydrogen-bond donors (Lipinski definition) is 5. The molecule has 0 saturated carbocycles. The average Bonchev–Trinajstić information content (AvgIpc) is 3.88. The Morgan fingerprint density at radius 3 is 2.30 bits per heavy atom. The number of nitrogen functional groups attached to an aromatic ring is 2. The van der Waals surface area contributed by atoms with Crippen molar-refractivity contribution in [3.05, 3.63) is 35.8 Å². The number of anilines is 2. The minimum atomic E-state index is -4.46. The molecule has 29 heteroatoms. The zero-order chi connectivity index (χ0) is 37.5. The molecule has 3 aliphatic heterocycles. The van der Waals surface area contributed by atoms with Crippen LogP contribution in [0, 0.1) is 0 Å². The van der Waals surface area contributed by atoms with Gasteiger partial charge < -0.3 is 40.4 Å². The van der Waals surface area contributed by atoms with Crippen LogP contribution in [-0.2, 0) is 48.7 Å². The number of nitrogens with two attached hydrogens (primary N) is 2. The first-order valence-corrected chi connectivity index (χ1v) is 20.7. The first kappa shape index (κ1) is 37.5. The first-order valence-electron chi connectivity index (χ1n) is 15.4. The summed E-state index contributed by atoms with van der Waals surface area (Å²) in [5.74, 6) is 0.0821. The smallest absolute Gasteiger partial charge is 0.407 e. The number of carbonyl (C=O) groups is 1. The highest BCUT2D eigenvalue weighted by atomic mass is 32.7. The number of azide groups is 1. The summed E-state index contributed by atoms with van der Waals surface area (Å²) < 4.78 is 73.2. The van der Waals surface area contributed by atoms with Gasteiger partial charge in [0.15, 0.2) is 47.7 Å². The van der Waals surface area contributed by atoms with E-state index in [4.69, 9.17) is 61.1 Å². The number of amides is 1. The first-order chi connectivity index (χ1) is 25.4. The topological polar surface area (TPSA) is 319 Å². The summed E-state index contributed by atoms with van der Waals surface area (Å²) in [5, 5.41) is 5.93. The highest BCUT2D eigenvalue weighted by molar-refractivity contribution is 8.44. The maximum absolute atomic E-state index is 16.2.